The van der Waals surface area contributed by atoms with E-state index in [2.05, 4.69) is 39.6 Å². The van der Waals surface area contributed by atoms with Crippen LogP contribution in [0.25, 0.3) is 6.08 Å². The number of hydrogen-bond donors (Lipinski definition) is 1. The van der Waals surface area contributed by atoms with Gasteiger partial charge in [-0.3, -0.25) is 4.79 Å². The average Bonchev–Trinajstić information content (AvgIpc) is 3.09. The van der Waals surface area contributed by atoms with Crippen LogP contribution >= 0.6 is 27.7 Å². The van der Waals surface area contributed by atoms with Crippen LogP contribution in [0.3, 0.4) is 0 Å². The topological polar surface area (TPSA) is 41.6 Å². The van der Waals surface area contributed by atoms with Gasteiger partial charge in [0.25, 0.3) is 5.91 Å². The van der Waals surface area contributed by atoms with Crippen molar-refractivity contribution in [3.63, 3.8) is 0 Å². The third-order valence-corrected chi connectivity index (χ3v) is 7.65. The molecule has 3 atom stereocenters. The number of nitrogens with zero attached hydrogens (tertiary/aromatic N) is 1. The van der Waals surface area contributed by atoms with E-state index in [0.29, 0.717) is 12.5 Å². The molecule has 2 aromatic carbocycles. The molecule has 1 N–H and O–H groups in total. The van der Waals surface area contributed by atoms with E-state index in [9.17, 15) is 4.79 Å². The van der Waals surface area contributed by atoms with Crippen molar-refractivity contribution in [3.05, 3.63) is 76.1 Å². The molecule has 1 saturated carbocycles. The van der Waals surface area contributed by atoms with Crippen molar-refractivity contribution >= 4 is 45.4 Å². The van der Waals surface area contributed by atoms with Crippen molar-refractivity contribution in [1.82, 2.24) is 4.90 Å². The molecule has 0 bridgehead atoms. The van der Waals surface area contributed by atoms with Gasteiger partial charge >= 0.3 is 0 Å². The fourth-order valence-corrected chi connectivity index (χ4v) is 6.00. The van der Waals surface area contributed by atoms with Crippen LogP contribution in [0.4, 0.5) is 5.69 Å². The number of amides is 1. The van der Waals surface area contributed by atoms with Crippen LogP contribution in [0.1, 0.15) is 38.2 Å². The number of ether oxygens (including phenoxy) is 1. The molecular formula is C26H29BrN2O2S. The summed E-state index contributed by atoms with van der Waals surface area (Å²) in [7, 11) is 0. The first-order valence-corrected chi connectivity index (χ1v) is 12.8. The Hall–Kier alpha value is -2.18. The van der Waals surface area contributed by atoms with Crippen molar-refractivity contribution < 1.29 is 9.53 Å². The van der Waals surface area contributed by atoms with Gasteiger partial charge in [-0.05, 0) is 55.2 Å². The summed E-state index contributed by atoms with van der Waals surface area (Å²) in [5.41, 5.74) is 1.77. The second-order valence-electron chi connectivity index (χ2n) is 8.31. The Morgan fingerprint density at radius 2 is 2.00 bits per heavy atom. The maximum atomic E-state index is 13.7. The Kier molecular flexibility index (Phi) is 7.63. The number of benzene rings is 2. The lowest BCUT2D eigenvalue weighted by atomic mass is 9.85. The Morgan fingerprint density at radius 1 is 1.22 bits per heavy atom. The lowest BCUT2D eigenvalue weighted by Gasteiger charge is -2.39. The van der Waals surface area contributed by atoms with Gasteiger partial charge in [-0.15, -0.1) is 0 Å². The summed E-state index contributed by atoms with van der Waals surface area (Å²) in [4.78, 5) is 16.5. The molecule has 1 aliphatic heterocycles. The zero-order valence-electron chi connectivity index (χ0n) is 18.3. The number of halogens is 1. The van der Waals surface area contributed by atoms with Crippen LogP contribution in [0, 0.1) is 5.92 Å². The van der Waals surface area contributed by atoms with Gasteiger partial charge in [0.05, 0.1) is 4.91 Å². The van der Waals surface area contributed by atoms with Gasteiger partial charge in [0.15, 0.2) is 5.50 Å². The van der Waals surface area contributed by atoms with Crippen LogP contribution in [0.15, 0.2) is 70.6 Å². The Labute approximate surface area is 203 Å². The molecule has 0 spiro atoms. The average molecular weight is 514 g/mol. The third-order valence-electron chi connectivity index (χ3n) is 6.04. The van der Waals surface area contributed by atoms with Crippen LogP contribution in [0.2, 0.25) is 0 Å². The van der Waals surface area contributed by atoms with Crippen molar-refractivity contribution in [2.45, 2.75) is 44.1 Å². The van der Waals surface area contributed by atoms with Gasteiger partial charge in [0, 0.05) is 21.8 Å². The second-order valence-corrected chi connectivity index (χ2v) is 10.4. The highest BCUT2D eigenvalue weighted by molar-refractivity contribution is 9.10. The number of para-hydroxylation sites is 1. The highest BCUT2D eigenvalue weighted by Crippen LogP contribution is 2.43. The first-order chi connectivity index (χ1) is 15.6. The van der Waals surface area contributed by atoms with E-state index in [1.54, 1.807) is 17.8 Å². The number of anilines is 1. The minimum atomic E-state index is -0.133. The molecule has 4 rings (SSSR count). The van der Waals surface area contributed by atoms with Gasteiger partial charge in [-0.25, -0.2) is 0 Å². The zero-order valence-corrected chi connectivity index (χ0v) is 20.7. The Balaban J connectivity index is 1.67. The number of carbonyl (C=O) groups is 1. The van der Waals surface area contributed by atoms with Gasteiger partial charge in [0.1, 0.15) is 12.4 Å². The smallest absolute Gasteiger partial charge is 0.262 e. The molecule has 2 aromatic rings. The number of nitrogens with one attached hydrogen (secondary N) is 1. The van der Waals surface area contributed by atoms with Crippen LogP contribution < -0.4 is 10.1 Å². The molecular weight excluding hydrogens is 484 g/mol. The Morgan fingerprint density at radius 3 is 2.75 bits per heavy atom. The summed E-state index contributed by atoms with van der Waals surface area (Å²) in [6, 6.07) is 16.2. The van der Waals surface area contributed by atoms with Crippen LogP contribution in [-0.4, -0.2) is 29.0 Å². The van der Waals surface area contributed by atoms with E-state index in [4.69, 9.17) is 4.74 Å². The number of rotatable bonds is 7. The summed E-state index contributed by atoms with van der Waals surface area (Å²) in [6.45, 7) is 6.43. The number of thioether (sulfide) groups is 1. The highest BCUT2D eigenvalue weighted by Gasteiger charge is 2.43. The van der Waals surface area contributed by atoms with Crippen molar-refractivity contribution in [2.24, 2.45) is 5.92 Å². The van der Waals surface area contributed by atoms with E-state index < -0.39 is 0 Å². The minimum Gasteiger partial charge on any atom is -0.489 e. The molecule has 1 heterocycles. The molecule has 2 aliphatic rings. The third kappa shape index (κ3) is 5.24. The molecule has 1 aliphatic carbocycles. The van der Waals surface area contributed by atoms with Crippen molar-refractivity contribution in [3.8, 4) is 5.75 Å². The highest BCUT2D eigenvalue weighted by atomic mass is 79.9. The van der Waals surface area contributed by atoms with Crippen molar-refractivity contribution in [2.75, 3.05) is 11.9 Å². The quantitative estimate of drug-likeness (QED) is 0.323. The maximum absolute atomic E-state index is 13.7. The predicted octanol–water partition coefficient (Wildman–Crippen LogP) is 6.90. The molecule has 1 unspecified atom stereocenters. The fourth-order valence-electron chi connectivity index (χ4n) is 4.42. The molecule has 0 radical (unpaired) electrons. The van der Waals surface area contributed by atoms with E-state index in [1.165, 1.54) is 19.3 Å². The molecule has 2 fully saturated rings. The minimum absolute atomic E-state index is 0.0943. The van der Waals surface area contributed by atoms with E-state index in [0.717, 1.165) is 32.8 Å². The van der Waals surface area contributed by atoms with Gasteiger partial charge in [-0.2, -0.15) is 0 Å². The largest absolute Gasteiger partial charge is 0.489 e. The lowest BCUT2D eigenvalue weighted by Crippen LogP contribution is -2.48. The maximum Gasteiger partial charge on any atom is 0.262 e. The van der Waals surface area contributed by atoms with Crippen LogP contribution in [0.5, 0.6) is 5.75 Å². The first kappa shape index (κ1) is 23.0. The molecule has 0 aromatic heterocycles. The van der Waals surface area contributed by atoms with E-state index in [-0.39, 0.29) is 17.4 Å². The first-order valence-electron chi connectivity index (χ1n) is 11.1. The summed E-state index contributed by atoms with van der Waals surface area (Å²) < 4.78 is 6.78. The predicted molar refractivity (Wildman–Crippen MR) is 138 cm³/mol. The summed E-state index contributed by atoms with van der Waals surface area (Å²) in [6.07, 6.45) is 8.32. The van der Waals surface area contributed by atoms with Gasteiger partial charge in [0.2, 0.25) is 0 Å². The lowest BCUT2D eigenvalue weighted by molar-refractivity contribution is -0.129. The molecule has 1 amide bonds. The standard InChI is InChI=1S/C26H29BrN2O2S/c1-3-15-31-23-14-13-20(27)16-19(23)17-24-25(30)29(22-12-8-7-9-18(22)2)26(32-24)28-21-10-5-4-6-11-21/h3-6,10-11,13-14,16-18,22,26,28H,1,7-9,12,15H2,2H3/b24-17-/t18-,22+,26?/m1/s1. The van der Waals surface area contributed by atoms with Gasteiger partial charge in [-0.1, -0.05) is 78.3 Å². The second kappa shape index (κ2) is 10.6. The summed E-state index contributed by atoms with van der Waals surface area (Å²) >= 11 is 5.13. The fraction of sp³-hybridized carbons (Fsp3) is 0.346. The molecule has 1 saturated heterocycles. The molecule has 32 heavy (non-hydrogen) atoms. The van der Waals surface area contributed by atoms with Crippen LogP contribution in [-0.2, 0) is 4.79 Å². The summed E-state index contributed by atoms with van der Waals surface area (Å²) in [5, 5.41) is 3.59. The molecule has 168 valence electrons. The monoisotopic (exact) mass is 512 g/mol. The SMILES string of the molecule is C=CCOc1ccc(Br)cc1/C=C1\SC(Nc2ccccc2)N([C@H]2CCCC[C@H]2C)C1=O. The molecule has 6 heteroatoms. The summed E-state index contributed by atoms with van der Waals surface area (Å²) in [5.74, 6) is 1.33. The number of carbonyl (C=O) groups excluding carboxylic acids is 1. The van der Waals surface area contributed by atoms with E-state index in [1.807, 2.05) is 54.6 Å². The number of hydrogen-bond acceptors (Lipinski definition) is 4. The van der Waals surface area contributed by atoms with Crippen molar-refractivity contribution in [1.29, 1.82) is 0 Å². The van der Waals surface area contributed by atoms with E-state index >= 15 is 0 Å². The normalized spacial score (nSPS) is 24.6. The van der Waals surface area contributed by atoms with Gasteiger partial charge < -0.3 is 15.0 Å². The zero-order chi connectivity index (χ0) is 22.5. The molecule has 4 nitrogen and oxygen atoms in total. The Bertz CT molecular complexity index is 995.